The van der Waals surface area contributed by atoms with Crippen LogP contribution >= 0.6 is 12.2 Å². The summed E-state index contributed by atoms with van der Waals surface area (Å²) >= 11 is 5.02. The van der Waals surface area contributed by atoms with Crippen LogP contribution in [-0.2, 0) is 13.0 Å². The quantitative estimate of drug-likeness (QED) is 0.647. The minimum absolute atomic E-state index is 0.434. The number of nitrogen functional groups attached to an aromatic ring is 1. The van der Waals surface area contributed by atoms with Crippen molar-refractivity contribution in [1.29, 1.82) is 0 Å². The standard InChI is InChI=1S/C12H20N6S/c1-4-5-6-17-9(3)10(8(2)16-17)7-11-14-15-12(19)18(11)13/h4-7,13H2,1-3H3,(H,15,19). The number of nitrogens with two attached hydrogens (primary N) is 1. The van der Waals surface area contributed by atoms with E-state index in [-0.39, 0.29) is 0 Å². The third kappa shape index (κ3) is 2.70. The molecule has 0 radical (unpaired) electrons. The van der Waals surface area contributed by atoms with Gasteiger partial charge in [0.1, 0.15) is 0 Å². The van der Waals surface area contributed by atoms with Crippen LogP contribution in [0.2, 0.25) is 0 Å². The van der Waals surface area contributed by atoms with Gasteiger partial charge < -0.3 is 5.84 Å². The highest BCUT2D eigenvalue weighted by Crippen LogP contribution is 2.17. The SMILES string of the molecule is CCCCn1nc(C)c(Cc2n[nH]c(=S)n2N)c1C. The summed E-state index contributed by atoms with van der Waals surface area (Å²) in [5, 5.41) is 11.4. The first kappa shape index (κ1) is 13.8. The number of nitrogens with zero attached hydrogens (tertiary/aromatic N) is 4. The molecular weight excluding hydrogens is 260 g/mol. The van der Waals surface area contributed by atoms with Gasteiger partial charge in [-0.05, 0) is 32.5 Å². The van der Waals surface area contributed by atoms with Gasteiger partial charge >= 0.3 is 0 Å². The highest BCUT2D eigenvalue weighted by atomic mass is 32.1. The zero-order valence-electron chi connectivity index (χ0n) is 11.6. The van der Waals surface area contributed by atoms with Crippen LogP contribution in [0.5, 0.6) is 0 Å². The topological polar surface area (TPSA) is 77.5 Å². The molecule has 0 unspecified atom stereocenters. The molecule has 0 spiro atoms. The van der Waals surface area contributed by atoms with Crippen LogP contribution in [0.3, 0.4) is 0 Å². The van der Waals surface area contributed by atoms with Gasteiger partial charge in [0.15, 0.2) is 5.82 Å². The van der Waals surface area contributed by atoms with E-state index in [4.69, 9.17) is 18.1 Å². The maximum absolute atomic E-state index is 5.83. The fourth-order valence-corrected chi connectivity index (χ4v) is 2.29. The molecule has 0 fully saturated rings. The smallest absolute Gasteiger partial charge is 0.214 e. The Bertz CT molecular complexity index is 621. The van der Waals surface area contributed by atoms with Crippen molar-refractivity contribution in [2.75, 3.05) is 5.84 Å². The van der Waals surface area contributed by atoms with Crippen LogP contribution in [0, 0.1) is 18.6 Å². The van der Waals surface area contributed by atoms with Crippen molar-refractivity contribution in [3.05, 3.63) is 27.5 Å². The summed E-state index contributed by atoms with van der Waals surface area (Å²) in [5.74, 6) is 6.56. The lowest BCUT2D eigenvalue weighted by molar-refractivity contribution is 0.555. The Hall–Kier alpha value is -1.63. The summed E-state index contributed by atoms with van der Waals surface area (Å²) in [4.78, 5) is 0. The van der Waals surface area contributed by atoms with Crippen LogP contribution in [0.15, 0.2) is 0 Å². The van der Waals surface area contributed by atoms with Crippen molar-refractivity contribution in [2.24, 2.45) is 0 Å². The predicted octanol–water partition coefficient (Wildman–Crippen LogP) is 1.86. The van der Waals surface area contributed by atoms with Gasteiger partial charge in [0, 0.05) is 24.2 Å². The number of hydrogen-bond donors (Lipinski definition) is 2. The summed E-state index contributed by atoms with van der Waals surface area (Å²) in [5.41, 5.74) is 3.39. The van der Waals surface area contributed by atoms with Gasteiger partial charge in [-0.2, -0.15) is 10.2 Å². The predicted molar refractivity (Wildman–Crippen MR) is 77.0 cm³/mol. The van der Waals surface area contributed by atoms with Gasteiger partial charge in [0.05, 0.1) is 5.69 Å². The van der Waals surface area contributed by atoms with Crippen LogP contribution in [0.1, 0.15) is 42.5 Å². The van der Waals surface area contributed by atoms with Crippen molar-refractivity contribution in [2.45, 2.75) is 46.6 Å². The molecule has 2 rings (SSSR count). The molecule has 2 heterocycles. The fraction of sp³-hybridized carbons (Fsp3) is 0.583. The van der Waals surface area contributed by atoms with E-state index < -0.39 is 0 Å². The van der Waals surface area contributed by atoms with Crippen LogP contribution in [0.25, 0.3) is 0 Å². The molecular formula is C12H20N6S. The average molecular weight is 280 g/mol. The summed E-state index contributed by atoms with van der Waals surface area (Å²) in [7, 11) is 0. The Morgan fingerprint density at radius 2 is 2.11 bits per heavy atom. The van der Waals surface area contributed by atoms with E-state index in [2.05, 4.69) is 33.8 Å². The van der Waals surface area contributed by atoms with Crippen LogP contribution < -0.4 is 5.84 Å². The highest BCUT2D eigenvalue weighted by molar-refractivity contribution is 7.71. The van der Waals surface area contributed by atoms with E-state index in [0.717, 1.165) is 30.9 Å². The number of aromatic nitrogens is 5. The molecule has 0 saturated heterocycles. The first-order valence-corrected chi connectivity index (χ1v) is 6.89. The summed E-state index contributed by atoms with van der Waals surface area (Å²) in [6, 6.07) is 0. The molecule has 0 amide bonds. The second-order valence-corrected chi connectivity index (χ2v) is 5.10. The minimum atomic E-state index is 0.434. The molecule has 7 heteroatoms. The lowest BCUT2D eigenvalue weighted by atomic mass is 10.1. The van der Waals surface area contributed by atoms with E-state index >= 15 is 0 Å². The van der Waals surface area contributed by atoms with Gasteiger partial charge in [-0.25, -0.2) is 4.68 Å². The van der Waals surface area contributed by atoms with E-state index in [1.54, 1.807) is 0 Å². The van der Waals surface area contributed by atoms with Crippen molar-refractivity contribution >= 4 is 12.2 Å². The van der Waals surface area contributed by atoms with Gasteiger partial charge in [-0.15, -0.1) is 0 Å². The fourth-order valence-electron chi connectivity index (χ4n) is 2.14. The summed E-state index contributed by atoms with van der Waals surface area (Å²) in [6.07, 6.45) is 2.94. The molecule has 0 bridgehead atoms. The average Bonchev–Trinajstić information content (AvgIpc) is 2.84. The molecule has 2 aromatic heterocycles. The lowest BCUT2D eigenvalue weighted by Gasteiger charge is -2.04. The van der Waals surface area contributed by atoms with Gasteiger partial charge in [-0.1, -0.05) is 13.3 Å². The highest BCUT2D eigenvalue weighted by Gasteiger charge is 2.14. The largest absolute Gasteiger partial charge is 0.335 e. The second-order valence-electron chi connectivity index (χ2n) is 4.72. The zero-order valence-corrected chi connectivity index (χ0v) is 12.4. The van der Waals surface area contributed by atoms with Crippen molar-refractivity contribution in [3.8, 4) is 0 Å². The Morgan fingerprint density at radius 3 is 2.68 bits per heavy atom. The van der Waals surface area contributed by atoms with Crippen molar-refractivity contribution in [3.63, 3.8) is 0 Å². The molecule has 0 aliphatic rings. The normalized spacial score (nSPS) is 11.1. The first-order valence-electron chi connectivity index (χ1n) is 6.48. The van der Waals surface area contributed by atoms with E-state index in [1.807, 2.05) is 6.92 Å². The Morgan fingerprint density at radius 1 is 1.37 bits per heavy atom. The summed E-state index contributed by atoms with van der Waals surface area (Å²) < 4.78 is 3.91. The molecule has 0 atom stereocenters. The van der Waals surface area contributed by atoms with Gasteiger partial charge in [0.25, 0.3) is 0 Å². The van der Waals surface area contributed by atoms with Gasteiger partial charge in [-0.3, -0.25) is 9.78 Å². The number of nitrogens with one attached hydrogen (secondary N) is 1. The van der Waals surface area contributed by atoms with E-state index in [9.17, 15) is 0 Å². The summed E-state index contributed by atoms with van der Waals surface area (Å²) in [6.45, 7) is 7.25. The third-order valence-electron chi connectivity index (χ3n) is 3.37. The monoisotopic (exact) mass is 280 g/mol. The molecule has 2 aromatic rings. The molecule has 0 aromatic carbocycles. The molecule has 6 nitrogen and oxygen atoms in total. The third-order valence-corrected chi connectivity index (χ3v) is 3.66. The molecule has 3 N–H and O–H groups in total. The molecule has 104 valence electrons. The first-order chi connectivity index (χ1) is 9.04. The number of H-pyrrole nitrogens is 1. The number of aromatic amines is 1. The molecule has 0 aliphatic carbocycles. The Kier molecular flexibility index (Phi) is 4.04. The number of aryl methyl sites for hydroxylation is 2. The van der Waals surface area contributed by atoms with E-state index in [0.29, 0.717) is 11.2 Å². The van der Waals surface area contributed by atoms with E-state index in [1.165, 1.54) is 15.9 Å². The van der Waals surface area contributed by atoms with Crippen LogP contribution in [-0.4, -0.2) is 24.7 Å². The second kappa shape index (κ2) is 5.56. The maximum atomic E-state index is 5.83. The molecule has 0 saturated carbocycles. The molecule has 0 aliphatic heterocycles. The zero-order chi connectivity index (χ0) is 14.0. The van der Waals surface area contributed by atoms with Crippen LogP contribution in [0.4, 0.5) is 0 Å². The number of unbranched alkanes of at least 4 members (excludes halogenated alkanes) is 1. The number of hydrogen-bond acceptors (Lipinski definition) is 4. The molecule has 19 heavy (non-hydrogen) atoms. The van der Waals surface area contributed by atoms with Crippen molar-refractivity contribution < 1.29 is 0 Å². The Balaban J connectivity index is 2.28. The number of rotatable bonds is 5. The Labute approximate surface area is 117 Å². The minimum Gasteiger partial charge on any atom is -0.335 e. The lowest BCUT2D eigenvalue weighted by Crippen LogP contribution is -2.13. The maximum Gasteiger partial charge on any atom is 0.214 e. The van der Waals surface area contributed by atoms with Gasteiger partial charge in [0.2, 0.25) is 4.77 Å². The van der Waals surface area contributed by atoms with Crippen molar-refractivity contribution in [1.82, 2.24) is 24.7 Å².